The normalized spacial score (nSPS) is 12.3. The molecule has 0 aromatic heterocycles. The molecule has 0 spiro atoms. The molecule has 0 heterocycles. The molecule has 1 N–H and O–H groups in total. The average molecular weight is 395 g/mol. The van der Waals surface area contributed by atoms with Gasteiger partial charge >= 0.3 is 0 Å². The van der Waals surface area contributed by atoms with Gasteiger partial charge in [-0.25, -0.2) is 8.42 Å². The maximum absolute atomic E-state index is 12.7. The third kappa shape index (κ3) is 4.92. The Bertz CT molecular complexity index is 884. The highest BCUT2D eigenvalue weighted by atomic mass is 32.2. The molecule has 2 aromatic rings. The van der Waals surface area contributed by atoms with Crippen LogP contribution in [0.4, 0.5) is 11.4 Å². The minimum absolute atomic E-state index is 0.368. The van der Waals surface area contributed by atoms with E-state index >= 15 is 0 Å². The van der Waals surface area contributed by atoms with Gasteiger partial charge in [0.25, 0.3) is 0 Å². The molecule has 0 aliphatic heterocycles. The number of hydrogen-bond donors (Lipinski definition) is 1. The Kier molecular flexibility index (Phi) is 6.55. The van der Waals surface area contributed by atoms with E-state index in [0.29, 0.717) is 17.1 Å². The molecule has 0 radical (unpaired) electrons. The van der Waals surface area contributed by atoms with Crippen LogP contribution in [0.3, 0.4) is 0 Å². The lowest BCUT2D eigenvalue weighted by Crippen LogP contribution is -2.45. The van der Waals surface area contributed by atoms with Crippen LogP contribution in [0.15, 0.2) is 53.4 Å². The van der Waals surface area contributed by atoms with Crippen molar-refractivity contribution in [3.63, 3.8) is 0 Å². The maximum Gasteiger partial charge on any atom is 0.247 e. The number of rotatable bonds is 7. The van der Waals surface area contributed by atoms with Gasteiger partial charge in [-0.3, -0.25) is 9.10 Å². The smallest absolute Gasteiger partial charge is 0.247 e. The monoisotopic (exact) mass is 394 g/mol. The van der Waals surface area contributed by atoms with Gasteiger partial charge in [0.05, 0.1) is 19.1 Å². The van der Waals surface area contributed by atoms with Gasteiger partial charge in [0, 0.05) is 16.6 Å². The molecule has 0 aliphatic rings. The molecular formula is C18H22N2O4S2. The van der Waals surface area contributed by atoms with E-state index in [0.717, 1.165) is 15.5 Å². The minimum Gasteiger partial charge on any atom is -0.497 e. The Morgan fingerprint density at radius 2 is 1.88 bits per heavy atom. The Morgan fingerprint density at radius 1 is 1.19 bits per heavy atom. The highest BCUT2D eigenvalue weighted by Gasteiger charge is 2.29. The summed E-state index contributed by atoms with van der Waals surface area (Å²) in [5.74, 6) is 0.0907. The Balaban J connectivity index is 2.31. The van der Waals surface area contributed by atoms with Gasteiger partial charge in [-0.2, -0.15) is 0 Å². The first-order valence-electron chi connectivity index (χ1n) is 7.84. The molecule has 26 heavy (non-hydrogen) atoms. The molecule has 0 saturated heterocycles. The summed E-state index contributed by atoms with van der Waals surface area (Å²) >= 11 is 1.56. The van der Waals surface area contributed by atoms with E-state index in [4.69, 9.17) is 4.74 Å². The zero-order valence-corrected chi connectivity index (χ0v) is 16.7. The number of benzene rings is 2. The van der Waals surface area contributed by atoms with Crippen LogP contribution in [0.2, 0.25) is 0 Å². The first-order valence-corrected chi connectivity index (χ1v) is 10.9. The number of amides is 1. The lowest BCUT2D eigenvalue weighted by molar-refractivity contribution is -0.116. The van der Waals surface area contributed by atoms with Gasteiger partial charge < -0.3 is 10.1 Å². The van der Waals surface area contributed by atoms with E-state index in [2.05, 4.69) is 5.32 Å². The molecule has 0 bridgehead atoms. The summed E-state index contributed by atoms with van der Waals surface area (Å²) < 4.78 is 30.9. The van der Waals surface area contributed by atoms with E-state index in [9.17, 15) is 13.2 Å². The number of nitrogens with zero attached hydrogens (tertiary/aromatic N) is 1. The van der Waals surface area contributed by atoms with Crippen LogP contribution in [0.5, 0.6) is 5.75 Å². The number of nitrogens with one attached hydrogen (secondary N) is 1. The molecule has 1 amide bonds. The van der Waals surface area contributed by atoms with Crippen molar-refractivity contribution in [2.45, 2.75) is 17.9 Å². The second-order valence-electron chi connectivity index (χ2n) is 5.66. The third-order valence-corrected chi connectivity index (χ3v) is 5.70. The first-order chi connectivity index (χ1) is 12.3. The molecule has 2 aromatic carbocycles. The molecule has 8 heteroatoms. The number of sulfonamides is 1. The van der Waals surface area contributed by atoms with Crippen LogP contribution in [0, 0.1) is 0 Å². The van der Waals surface area contributed by atoms with Crippen LogP contribution in [0.1, 0.15) is 6.92 Å². The van der Waals surface area contributed by atoms with E-state index in [1.54, 1.807) is 49.0 Å². The number of carbonyl (C=O) groups excluding carboxylic acids is 1. The quantitative estimate of drug-likeness (QED) is 0.730. The largest absolute Gasteiger partial charge is 0.497 e. The molecule has 140 valence electrons. The van der Waals surface area contributed by atoms with Crippen LogP contribution in [-0.4, -0.2) is 40.0 Å². The fraction of sp³-hybridized carbons (Fsp3) is 0.278. The van der Waals surface area contributed by atoms with Crippen molar-refractivity contribution in [3.05, 3.63) is 48.5 Å². The molecule has 2 rings (SSSR count). The SMILES string of the molecule is COc1cccc(N([C@H](C)C(=O)Nc2cccc(SC)c2)S(C)(=O)=O)c1. The molecule has 0 aliphatic carbocycles. The zero-order chi connectivity index (χ0) is 19.3. The third-order valence-electron chi connectivity index (χ3n) is 3.73. The van der Waals surface area contributed by atoms with Crippen LogP contribution >= 0.6 is 11.8 Å². The summed E-state index contributed by atoms with van der Waals surface area (Å²) in [4.78, 5) is 13.7. The molecule has 0 unspecified atom stereocenters. The summed E-state index contributed by atoms with van der Waals surface area (Å²) in [6.45, 7) is 1.55. The van der Waals surface area contributed by atoms with Crippen LogP contribution in [-0.2, 0) is 14.8 Å². The summed E-state index contributed by atoms with van der Waals surface area (Å²) in [5.41, 5.74) is 0.986. The molecule has 6 nitrogen and oxygen atoms in total. The predicted octanol–water partition coefficient (Wildman–Crippen LogP) is 3.21. The Labute approximate surface area is 158 Å². The Hall–Kier alpha value is -2.19. The highest BCUT2D eigenvalue weighted by Crippen LogP contribution is 2.26. The summed E-state index contributed by atoms with van der Waals surface area (Å²) in [7, 11) is -2.18. The second kappa shape index (κ2) is 8.46. The number of anilines is 2. The lowest BCUT2D eigenvalue weighted by Gasteiger charge is -2.28. The average Bonchev–Trinajstić information content (AvgIpc) is 2.61. The minimum atomic E-state index is -3.68. The number of methoxy groups -OCH3 is 1. The fourth-order valence-corrected chi connectivity index (χ4v) is 4.13. The van der Waals surface area contributed by atoms with Gasteiger partial charge in [-0.1, -0.05) is 12.1 Å². The van der Waals surface area contributed by atoms with E-state index in [1.165, 1.54) is 7.11 Å². The van der Waals surface area contributed by atoms with Gasteiger partial charge in [0.2, 0.25) is 15.9 Å². The number of carbonyl (C=O) groups is 1. The van der Waals surface area contributed by atoms with Crippen LogP contribution in [0.25, 0.3) is 0 Å². The lowest BCUT2D eigenvalue weighted by atomic mass is 10.2. The number of ether oxygens (including phenoxy) is 1. The predicted molar refractivity (Wildman–Crippen MR) is 107 cm³/mol. The number of thioether (sulfide) groups is 1. The van der Waals surface area contributed by atoms with Crippen molar-refractivity contribution in [3.8, 4) is 5.75 Å². The molecule has 0 fully saturated rings. The summed E-state index contributed by atoms with van der Waals surface area (Å²) in [5, 5.41) is 2.78. The van der Waals surface area contributed by atoms with Gasteiger partial charge in [-0.05, 0) is 43.5 Å². The molecular weight excluding hydrogens is 372 g/mol. The molecule has 0 saturated carbocycles. The van der Waals surface area contributed by atoms with E-state index in [1.807, 2.05) is 24.5 Å². The first kappa shape index (κ1) is 20.1. The van der Waals surface area contributed by atoms with Gasteiger partial charge in [0.15, 0.2) is 0 Å². The van der Waals surface area contributed by atoms with Crippen molar-refractivity contribution in [1.82, 2.24) is 0 Å². The van der Waals surface area contributed by atoms with Crippen molar-refractivity contribution >= 4 is 39.1 Å². The number of hydrogen-bond acceptors (Lipinski definition) is 5. The van der Waals surface area contributed by atoms with Crippen molar-refractivity contribution < 1.29 is 17.9 Å². The summed E-state index contributed by atoms with van der Waals surface area (Å²) in [6.07, 6.45) is 3.02. The van der Waals surface area contributed by atoms with E-state index in [-0.39, 0.29) is 0 Å². The van der Waals surface area contributed by atoms with Crippen molar-refractivity contribution in [2.24, 2.45) is 0 Å². The summed E-state index contributed by atoms with van der Waals surface area (Å²) in [6, 6.07) is 13.0. The fourth-order valence-electron chi connectivity index (χ4n) is 2.50. The Morgan fingerprint density at radius 3 is 2.50 bits per heavy atom. The van der Waals surface area contributed by atoms with Crippen molar-refractivity contribution in [2.75, 3.05) is 29.2 Å². The maximum atomic E-state index is 12.7. The van der Waals surface area contributed by atoms with Crippen LogP contribution < -0.4 is 14.4 Å². The zero-order valence-electron chi connectivity index (χ0n) is 15.1. The molecule has 1 atom stereocenters. The second-order valence-corrected chi connectivity index (χ2v) is 8.40. The topological polar surface area (TPSA) is 75.7 Å². The van der Waals surface area contributed by atoms with Crippen molar-refractivity contribution in [1.29, 1.82) is 0 Å². The highest BCUT2D eigenvalue weighted by molar-refractivity contribution is 7.98. The standard InChI is InChI=1S/C18H22N2O4S2/c1-13(18(21)19-14-7-5-10-17(11-14)25-3)20(26(4,22)23)15-8-6-9-16(12-15)24-2/h5-13H,1-4H3,(H,19,21)/t13-/m1/s1. The van der Waals surface area contributed by atoms with Gasteiger partial charge in [-0.15, -0.1) is 11.8 Å². The van der Waals surface area contributed by atoms with E-state index < -0.39 is 22.0 Å². The van der Waals surface area contributed by atoms with Gasteiger partial charge in [0.1, 0.15) is 11.8 Å².